The van der Waals surface area contributed by atoms with Crippen LogP contribution in [0.3, 0.4) is 0 Å². The van der Waals surface area contributed by atoms with Gasteiger partial charge in [0.1, 0.15) is 23.0 Å². The van der Waals surface area contributed by atoms with Gasteiger partial charge in [0, 0.05) is 29.7 Å². The third-order valence-electron chi connectivity index (χ3n) is 3.02. The number of ether oxygens (including phenoxy) is 1. The highest BCUT2D eigenvalue weighted by atomic mass is 16.5. The zero-order chi connectivity index (χ0) is 13.4. The smallest absolute Gasteiger partial charge is 0.172 e. The number of rotatable bonds is 1. The number of aromatic hydroxyl groups is 2. The van der Waals surface area contributed by atoms with Crippen LogP contribution in [-0.2, 0) is 6.42 Å². The average Bonchev–Trinajstić information content (AvgIpc) is 2.40. The Bertz CT molecular complexity index is 659. The molecule has 1 aliphatic heterocycles. The van der Waals surface area contributed by atoms with Crippen molar-refractivity contribution in [2.75, 3.05) is 0 Å². The number of hydrogen-bond donors (Lipinski definition) is 3. The first-order chi connectivity index (χ1) is 9.15. The molecule has 0 spiro atoms. The summed E-state index contributed by atoms with van der Waals surface area (Å²) in [6.45, 7) is 0. The highest BCUT2D eigenvalue weighted by Crippen LogP contribution is 2.40. The molecule has 19 heavy (non-hydrogen) atoms. The summed E-state index contributed by atoms with van der Waals surface area (Å²) in [6, 6.07) is 11.8. The molecule has 4 heteroatoms. The summed E-state index contributed by atoms with van der Waals surface area (Å²) in [7, 11) is 0. The van der Waals surface area contributed by atoms with Gasteiger partial charge < -0.3 is 20.1 Å². The Kier molecular flexibility index (Phi) is 2.56. The maximum atomic E-state index is 10.0. The molecule has 3 N–H and O–H groups in total. The summed E-state index contributed by atoms with van der Waals surface area (Å²) >= 11 is 0. The second-order valence-corrected chi connectivity index (χ2v) is 4.36. The van der Waals surface area contributed by atoms with Gasteiger partial charge in [0.25, 0.3) is 0 Å². The molecule has 0 bridgehead atoms. The zero-order valence-corrected chi connectivity index (χ0v) is 10.00. The molecule has 0 fully saturated rings. The van der Waals surface area contributed by atoms with Gasteiger partial charge in [-0.15, -0.1) is 0 Å². The predicted molar refractivity (Wildman–Crippen MR) is 70.1 cm³/mol. The Labute approximate surface area is 109 Å². The molecule has 2 aromatic rings. The van der Waals surface area contributed by atoms with E-state index in [1.165, 1.54) is 12.1 Å². The monoisotopic (exact) mass is 256 g/mol. The van der Waals surface area contributed by atoms with Crippen molar-refractivity contribution in [3.8, 4) is 17.2 Å². The summed E-state index contributed by atoms with van der Waals surface area (Å²) < 4.78 is 5.60. The van der Waals surface area contributed by atoms with Crippen molar-refractivity contribution in [2.24, 2.45) is 0 Å². The number of aliphatic hydroxyl groups is 1. The summed E-state index contributed by atoms with van der Waals surface area (Å²) in [5, 5.41) is 29.3. The fourth-order valence-corrected chi connectivity index (χ4v) is 2.12. The second-order valence-electron chi connectivity index (χ2n) is 4.36. The van der Waals surface area contributed by atoms with E-state index in [-0.39, 0.29) is 23.7 Å². The number of fused-ring (bicyclic) bond motifs is 1. The quantitative estimate of drug-likeness (QED) is 0.733. The van der Waals surface area contributed by atoms with Gasteiger partial charge >= 0.3 is 0 Å². The Balaban J connectivity index is 2.07. The van der Waals surface area contributed by atoms with Gasteiger partial charge in [-0.25, -0.2) is 0 Å². The predicted octanol–water partition coefficient (Wildman–Crippen LogP) is 2.96. The number of phenolic OH excluding ortho intramolecular Hbond substituents is 2. The molecule has 1 aliphatic rings. The van der Waals surface area contributed by atoms with Crippen LogP contribution in [0, 0.1) is 0 Å². The SMILES string of the molecule is OC1=C(c2ccccc2)Oc2cc(O)cc(O)c2C1. The second kappa shape index (κ2) is 4.24. The lowest BCUT2D eigenvalue weighted by Gasteiger charge is -2.21. The highest BCUT2D eigenvalue weighted by Gasteiger charge is 2.23. The van der Waals surface area contributed by atoms with Crippen LogP contribution in [0.1, 0.15) is 11.1 Å². The van der Waals surface area contributed by atoms with E-state index in [1.807, 2.05) is 30.3 Å². The van der Waals surface area contributed by atoms with E-state index < -0.39 is 0 Å². The van der Waals surface area contributed by atoms with E-state index in [4.69, 9.17) is 4.74 Å². The third kappa shape index (κ3) is 1.97. The van der Waals surface area contributed by atoms with Crippen molar-refractivity contribution in [3.05, 3.63) is 59.4 Å². The minimum Gasteiger partial charge on any atom is -0.508 e. The van der Waals surface area contributed by atoms with Crippen LogP contribution in [0.25, 0.3) is 5.76 Å². The minimum absolute atomic E-state index is 0.0553. The van der Waals surface area contributed by atoms with Crippen LogP contribution in [0.5, 0.6) is 17.2 Å². The Morgan fingerprint density at radius 1 is 0.947 bits per heavy atom. The fourth-order valence-electron chi connectivity index (χ4n) is 2.12. The molecule has 0 saturated carbocycles. The molecule has 3 rings (SSSR count). The molecule has 2 aromatic carbocycles. The lowest BCUT2D eigenvalue weighted by atomic mass is 10.0. The van der Waals surface area contributed by atoms with Crippen molar-refractivity contribution in [3.63, 3.8) is 0 Å². The molecule has 4 nitrogen and oxygen atoms in total. The zero-order valence-electron chi connectivity index (χ0n) is 10.00. The van der Waals surface area contributed by atoms with Gasteiger partial charge in [-0.2, -0.15) is 0 Å². The Hall–Kier alpha value is -2.62. The Morgan fingerprint density at radius 2 is 1.68 bits per heavy atom. The lowest BCUT2D eigenvalue weighted by molar-refractivity contribution is 0.349. The molecule has 0 saturated heterocycles. The normalized spacial score (nSPS) is 13.9. The van der Waals surface area contributed by atoms with Crippen LogP contribution in [0.4, 0.5) is 0 Å². The Morgan fingerprint density at radius 3 is 2.42 bits per heavy atom. The van der Waals surface area contributed by atoms with Crippen molar-refractivity contribution in [2.45, 2.75) is 6.42 Å². The summed E-state index contributed by atoms with van der Waals surface area (Å²) in [5.41, 5.74) is 1.21. The van der Waals surface area contributed by atoms with Gasteiger partial charge in [0.2, 0.25) is 0 Å². The van der Waals surface area contributed by atoms with Crippen LogP contribution in [-0.4, -0.2) is 15.3 Å². The van der Waals surface area contributed by atoms with Crippen LogP contribution < -0.4 is 4.74 Å². The van der Waals surface area contributed by atoms with Gasteiger partial charge in [-0.1, -0.05) is 30.3 Å². The van der Waals surface area contributed by atoms with Crippen LogP contribution in [0.2, 0.25) is 0 Å². The van der Waals surface area contributed by atoms with Gasteiger partial charge in [0.05, 0.1) is 0 Å². The lowest BCUT2D eigenvalue weighted by Crippen LogP contribution is -2.09. The van der Waals surface area contributed by atoms with Crippen molar-refractivity contribution in [1.29, 1.82) is 0 Å². The summed E-state index contributed by atoms with van der Waals surface area (Å²) in [5.74, 6) is 0.589. The molecule has 0 unspecified atom stereocenters. The molecular weight excluding hydrogens is 244 g/mol. The molecular formula is C15H12O4. The number of phenols is 2. The maximum absolute atomic E-state index is 10.0. The third-order valence-corrected chi connectivity index (χ3v) is 3.02. The molecule has 96 valence electrons. The summed E-state index contributed by atoms with van der Waals surface area (Å²) in [4.78, 5) is 0. The van der Waals surface area contributed by atoms with E-state index in [2.05, 4.69) is 0 Å². The van der Waals surface area contributed by atoms with Crippen molar-refractivity contribution >= 4 is 5.76 Å². The molecule has 0 aromatic heterocycles. The van der Waals surface area contributed by atoms with Gasteiger partial charge in [0.15, 0.2) is 5.76 Å². The number of aliphatic hydroxyl groups excluding tert-OH is 1. The first-order valence-electron chi connectivity index (χ1n) is 5.85. The van der Waals surface area contributed by atoms with Crippen molar-refractivity contribution in [1.82, 2.24) is 0 Å². The number of benzene rings is 2. The topological polar surface area (TPSA) is 69.9 Å². The van der Waals surface area contributed by atoms with E-state index in [0.717, 1.165) is 5.56 Å². The van der Waals surface area contributed by atoms with Gasteiger partial charge in [-0.3, -0.25) is 0 Å². The first-order valence-corrected chi connectivity index (χ1v) is 5.85. The van der Waals surface area contributed by atoms with E-state index >= 15 is 0 Å². The largest absolute Gasteiger partial charge is 0.508 e. The summed E-state index contributed by atoms with van der Waals surface area (Å²) in [6.07, 6.45) is 0.172. The van der Waals surface area contributed by atoms with E-state index in [1.54, 1.807) is 0 Å². The van der Waals surface area contributed by atoms with Gasteiger partial charge in [-0.05, 0) is 0 Å². The first kappa shape index (κ1) is 11.5. The van der Waals surface area contributed by atoms with Crippen molar-refractivity contribution < 1.29 is 20.1 Å². The van der Waals surface area contributed by atoms with E-state index in [9.17, 15) is 15.3 Å². The molecule has 1 heterocycles. The van der Waals surface area contributed by atoms with E-state index in [0.29, 0.717) is 17.1 Å². The molecule has 0 aliphatic carbocycles. The van der Waals surface area contributed by atoms with Crippen LogP contribution in [0.15, 0.2) is 48.2 Å². The minimum atomic E-state index is -0.0892. The maximum Gasteiger partial charge on any atom is 0.172 e. The average molecular weight is 256 g/mol. The number of hydrogen-bond acceptors (Lipinski definition) is 4. The standard InChI is InChI=1S/C15H12O4/c16-10-6-12(17)11-8-13(18)15(19-14(11)7-10)9-4-2-1-3-5-9/h1-7,16-18H,8H2. The molecule has 0 amide bonds. The highest BCUT2D eigenvalue weighted by molar-refractivity contribution is 5.69. The molecule has 0 radical (unpaired) electrons. The number of allylic oxidation sites excluding steroid dienone is 1. The molecule has 0 atom stereocenters. The van der Waals surface area contributed by atoms with Crippen LogP contribution >= 0.6 is 0 Å². The fraction of sp³-hybridized carbons (Fsp3) is 0.0667.